The minimum atomic E-state index is -0.0851. The Labute approximate surface area is 164 Å². The second-order valence-corrected chi connectivity index (χ2v) is 6.96. The molecule has 1 saturated heterocycles. The average molecular weight is 374 g/mol. The molecule has 3 heterocycles. The lowest BCUT2D eigenvalue weighted by Crippen LogP contribution is -2.34. The van der Waals surface area contributed by atoms with E-state index in [4.69, 9.17) is 9.72 Å². The van der Waals surface area contributed by atoms with Crippen LogP contribution in [-0.4, -0.2) is 40.1 Å². The van der Waals surface area contributed by atoms with Gasteiger partial charge in [0.1, 0.15) is 0 Å². The molecule has 6 nitrogen and oxygen atoms in total. The largest absolute Gasteiger partial charge is 0.379 e. The number of nitrogens with zero attached hydrogens (tertiary/aromatic N) is 3. The van der Waals surface area contributed by atoms with Gasteiger partial charge in [0.05, 0.1) is 18.3 Å². The molecular formula is C22H22N4O2. The standard InChI is InChI=1S/C22H22N4O2/c1-14-3-8-19(15(2)24-14)20-9-11-23-21(26-20)16-4-6-17(7-5-16)22(27)25-18-10-12-28-13-18/h3-9,11,18H,10,12-13H2,1-2H3,(H,25,27)/t18-/m1/s1. The molecule has 0 unspecified atom stereocenters. The Bertz CT molecular complexity index is 996. The second-order valence-electron chi connectivity index (χ2n) is 6.96. The van der Waals surface area contributed by atoms with Crippen LogP contribution in [0.15, 0.2) is 48.7 Å². The summed E-state index contributed by atoms with van der Waals surface area (Å²) >= 11 is 0. The van der Waals surface area contributed by atoms with Crippen LogP contribution in [0, 0.1) is 13.8 Å². The maximum Gasteiger partial charge on any atom is 0.251 e. The van der Waals surface area contributed by atoms with Crippen LogP contribution < -0.4 is 5.32 Å². The minimum absolute atomic E-state index is 0.0851. The van der Waals surface area contributed by atoms with Gasteiger partial charge in [0, 0.05) is 40.9 Å². The van der Waals surface area contributed by atoms with E-state index < -0.39 is 0 Å². The summed E-state index contributed by atoms with van der Waals surface area (Å²) in [7, 11) is 0. The van der Waals surface area contributed by atoms with Crippen LogP contribution in [0.25, 0.3) is 22.6 Å². The van der Waals surface area contributed by atoms with Crippen molar-refractivity contribution in [2.75, 3.05) is 13.2 Å². The Morgan fingerprint density at radius 1 is 1.07 bits per heavy atom. The highest BCUT2D eigenvalue weighted by Gasteiger charge is 2.18. The number of ether oxygens (including phenoxy) is 1. The fourth-order valence-corrected chi connectivity index (χ4v) is 3.29. The molecule has 142 valence electrons. The minimum Gasteiger partial charge on any atom is -0.379 e. The third-order valence-corrected chi connectivity index (χ3v) is 4.83. The van der Waals surface area contributed by atoms with E-state index in [0.29, 0.717) is 24.6 Å². The highest BCUT2D eigenvalue weighted by molar-refractivity contribution is 5.94. The second kappa shape index (κ2) is 7.86. The van der Waals surface area contributed by atoms with Crippen LogP contribution in [0.3, 0.4) is 0 Å². The van der Waals surface area contributed by atoms with Gasteiger partial charge in [-0.05, 0) is 50.6 Å². The molecule has 0 aliphatic carbocycles. The molecule has 0 radical (unpaired) electrons. The van der Waals surface area contributed by atoms with Crippen molar-refractivity contribution in [3.8, 4) is 22.6 Å². The van der Waals surface area contributed by atoms with Crippen molar-refractivity contribution in [1.82, 2.24) is 20.3 Å². The molecule has 3 aromatic rings. The van der Waals surface area contributed by atoms with Crippen molar-refractivity contribution in [3.63, 3.8) is 0 Å². The number of aryl methyl sites for hydroxylation is 2. The molecule has 0 bridgehead atoms. The molecule has 0 saturated carbocycles. The first kappa shape index (κ1) is 18.3. The Morgan fingerprint density at radius 3 is 2.61 bits per heavy atom. The molecule has 0 spiro atoms. The number of hydrogen-bond acceptors (Lipinski definition) is 5. The maximum absolute atomic E-state index is 12.3. The number of carbonyl (C=O) groups is 1. The molecule has 1 aliphatic heterocycles. The first-order valence-corrected chi connectivity index (χ1v) is 9.37. The number of rotatable bonds is 4. The molecule has 1 aliphatic rings. The van der Waals surface area contributed by atoms with E-state index in [-0.39, 0.29) is 11.9 Å². The average Bonchev–Trinajstić information content (AvgIpc) is 3.21. The van der Waals surface area contributed by atoms with Crippen molar-refractivity contribution in [1.29, 1.82) is 0 Å². The summed E-state index contributed by atoms with van der Waals surface area (Å²) in [6.07, 6.45) is 2.61. The van der Waals surface area contributed by atoms with E-state index in [1.165, 1.54) is 0 Å². The summed E-state index contributed by atoms with van der Waals surface area (Å²) in [6.45, 7) is 5.23. The van der Waals surface area contributed by atoms with Gasteiger partial charge in [-0.15, -0.1) is 0 Å². The Balaban J connectivity index is 1.55. The number of carbonyl (C=O) groups excluding carboxylic acids is 1. The predicted molar refractivity (Wildman–Crippen MR) is 107 cm³/mol. The molecule has 1 fully saturated rings. The van der Waals surface area contributed by atoms with Gasteiger partial charge in [0.15, 0.2) is 5.82 Å². The van der Waals surface area contributed by atoms with E-state index in [1.54, 1.807) is 18.3 Å². The first-order valence-electron chi connectivity index (χ1n) is 9.37. The monoisotopic (exact) mass is 374 g/mol. The van der Waals surface area contributed by atoms with Gasteiger partial charge in [0.2, 0.25) is 0 Å². The summed E-state index contributed by atoms with van der Waals surface area (Å²) in [5, 5.41) is 2.99. The van der Waals surface area contributed by atoms with Gasteiger partial charge < -0.3 is 10.1 Å². The van der Waals surface area contributed by atoms with Crippen LogP contribution in [0.2, 0.25) is 0 Å². The van der Waals surface area contributed by atoms with Gasteiger partial charge in [-0.2, -0.15) is 0 Å². The Kier molecular flexibility index (Phi) is 5.12. The molecule has 1 atom stereocenters. The Hall–Kier alpha value is -3.12. The molecule has 6 heteroatoms. The molecule has 4 rings (SSSR count). The van der Waals surface area contributed by atoms with Crippen LogP contribution >= 0.6 is 0 Å². The zero-order valence-corrected chi connectivity index (χ0v) is 16.0. The van der Waals surface area contributed by atoms with Crippen LogP contribution in [0.5, 0.6) is 0 Å². The number of hydrogen-bond donors (Lipinski definition) is 1. The normalized spacial score (nSPS) is 16.1. The number of aromatic nitrogens is 3. The van der Waals surface area contributed by atoms with Gasteiger partial charge in [0.25, 0.3) is 5.91 Å². The number of amides is 1. The number of benzene rings is 1. The first-order chi connectivity index (χ1) is 13.6. The zero-order valence-electron chi connectivity index (χ0n) is 16.0. The van der Waals surface area contributed by atoms with E-state index in [2.05, 4.69) is 15.3 Å². The fourth-order valence-electron chi connectivity index (χ4n) is 3.29. The van der Waals surface area contributed by atoms with Gasteiger partial charge in [-0.3, -0.25) is 9.78 Å². The van der Waals surface area contributed by atoms with Gasteiger partial charge in [-0.1, -0.05) is 12.1 Å². The highest BCUT2D eigenvalue weighted by atomic mass is 16.5. The summed E-state index contributed by atoms with van der Waals surface area (Å²) in [6, 6.07) is 13.3. The summed E-state index contributed by atoms with van der Waals surface area (Å²) < 4.78 is 5.30. The van der Waals surface area contributed by atoms with Gasteiger partial charge >= 0.3 is 0 Å². The molecule has 1 N–H and O–H groups in total. The summed E-state index contributed by atoms with van der Waals surface area (Å²) in [4.78, 5) is 25.9. The van der Waals surface area contributed by atoms with Crippen molar-refractivity contribution < 1.29 is 9.53 Å². The smallest absolute Gasteiger partial charge is 0.251 e. The van der Waals surface area contributed by atoms with Crippen molar-refractivity contribution in [3.05, 3.63) is 65.6 Å². The van der Waals surface area contributed by atoms with E-state index in [0.717, 1.165) is 34.6 Å². The lowest BCUT2D eigenvalue weighted by molar-refractivity contribution is 0.0930. The van der Waals surface area contributed by atoms with E-state index >= 15 is 0 Å². The molecule has 1 aromatic carbocycles. The van der Waals surface area contributed by atoms with E-state index in [9.17, 15) is 4.79 Å². The molecular weight excluding hydrogens is 352 g/mol. The quantitative estimate of drug-likeness (QED) is 0.758. The predicted octanol–water partition coefficient (Wildman–Crippen LogP) is 3.34. The highest BCUT2D eigenvalue weighted by Crippen LogP contribution is 2.23. The van der Waals surface area contributed by atoms with Crippen LogP contribution in [0.4, 0.5) is 0 Å². The fraction of sp³-hybridized carbons (Fsp3) is 0.273. The van der Waals surface area contributed by atoms with Gasteiger partial charge in [-0.25, -0.2) is 9.97 Å². The van der Waals surface area contributed by atoms with Crippen LogP contribution in [-0.2, 0) is 4.74 Å². The molecule has 28 heavy (non-hydrogen) atoms. The number of nitrogens with one attached hydrogen (secondary N) is 1. The lowest BCUT2D eigenvalue weighted by Gasteiger charge is -2.11. The summed E-state index contributed by atoms with van der Waals surface area (Å²) in [5.74, 6) is 0.534. The van der Waals surface area contributed by atoms with Crippen molar-refractivity contribution in [2.24, 2.45) is 0 Å². The van der Waals surface area contributed by atoms with Crippen molar-refractivity contribution >= 4 is 5.91 Å². The third kappa shape index (κ3) is 3.92. The molecule has 2 aromatic heterocycles. The van der Waals surface area contributed by atoms with E-state index in [1.807, 2.05) is 44.2 Å². The topological polar surface area (TPSA) is 77.0 Å². The summed E-state index contributed by atoms with van der Waals surface area (Å²) in [5.41, 5.74) is 5.22. The number of pyridine rings is 1. The zero-order chi connectivity index (χ0) is 19.5. The lowest BCUT2D eigenvalue weighted by atomic mass is 10.1. The molecule has 1 amide bonds. The maximum atomic E-state index is 12.3. The van der Waals surface area contributed by atoms with Crippen LogP contribution in [0.1, 0.15) is 28.2 Å². The van der Waals surface area contributed by atoms with Crippen molar-refractivity contribution in [2.45, 2.75) is 26.3 Å². The SMILES string of the molecule is Cc1ccc(-c2ccnc(-c3ccc(C(=O)N[C@@H]4CCOC4)cc3)n2)c(C)n1. The Morgan fingerprint density at radius 2 is 1.89 bits per heavy atom. The third-order valence-electron chi connectivity index (χ3n) is 4.83.